The normalized spacial score (nSPS) is 30.8. The summed E-state index contributed by atoms with van der Waals surface area (Å²) in [5.74, 6) is 1.20. The van der Waals surface area contributed by atoms with Gasteiger partial charge >= 0.3 is 6.03 Å². The topological polar surface area (TPSA) is 67.5 Å². The Kier molecular flexibility index (Phi) is 3.28. The number of primary amides is 1. The lowest BCUT2D eigenvalue weighted by Gasteiger charge is -2.12. The third-order valence-electron chi connectivity index (χ3n) is 2.72. The van der Waals surface area contributed by atoms with Gasteiger partial charge in [-0.2, -0.15) is 5.10 Å². The summed E-state index contributed by atoms with van der Waals surface area (Å²) in [4.78, 5) is 10.4. The van der Waals surface area contributed by atoms with Gasteiger partial charge in [-0.05, 0) is 25.2 Å². The SMILES string of the molecule is CCC1C(=NNC(N)=O)CCC1C. The van der Waals surface area contributed by atoms with Crippen LogP contribution in [0.5, 0.6) is 0 Å². The van der Waals surface area contributed by atoms with Gasteiger partial charge in [0.2, 0.25) is 0 Å². The van der Waals surface area contributed by atoms with E-state index in [1.165, 1.54) is 0 Å². The Bertz CT molecular complexity index is 225. The van der Waals surface area contributed by atoms with Crippen molar-refractivity contribution in [2.45, 2.75) is 33.1 Å². The van der Waals surface area contributed by atoms with Gasteiger partial charge in [0.25, 0.3) is 0 Å². The van der Waals surface area contributed by atoms with Crippen LogP contribution in [0.1, 0.15) is 33.1 Å². The van der Waals surface area contributed by atoms with E-state index in [-0.39, 0.29) is 0 Å². The van der Waals surface area contributed by atoms with E-state index in [1.54, 1.807) is 0 Å². The van der Waals surface area contributed by atoms with Crippen molar-refractivity contribution in [1.29, 1.82) is 0 Å². The van der Waals surface area contributed by atoms with Crippen molar-refractivity contribution < 1.29 is 4.79 Å². The largest absolute Gasteiger partial charge is 0.350 e. The van der Waals surface area contributed by atoms with Crippen LogP contribution >= 0.6 is 0 Å². The number of hydrogen-bond donors (Lipinski definition) is 2. The van der Waals surface area contributed by atoms with Gasteiger partial charge in [-0.15, -0.1) is 0 Å². The van der Waals surface area contributed by atoms with Crippen molar-refractivity contribution in [1.82, 2.24) is 5.43 Å². The Labute approximate surface area is 78.6 Å². The molecule has 0 aromatic rings. The fourth-order valence-electron chi connectivity index (χ4n) is 1.99. The first-order valence-electron chi connectivity index (χ1n) is 4.77. The van der Waals surface area contributed by atoms with Gasteiger partial charge in [0.15, 0.2) is 0 Å². The molecule has 0 aliphatic heterocycles. The minimum atomic E-state index is -0.582. The molecule has 0 aromatic carbocycles. The summed E-state index contributed by atoms with van der Waals surface area (Å²) in [6, 6.07) is -0.582. The molecule has 0 aromatic heterocycles. The van der Waals surface area contributed by atoms with Crippen molar-refractivity contribution >= 4 is 11.7 Å². The number of amides is 2. The molecule has 2 amide bonds. The average molecular weight is 183 g/mol. The summed E-state index contributed by atoms with van der Waals surface area (Å²) in [6.07, 6.45) is 3.23. The number of hydrazone groups is 1. The maximum Gasteiger partial charge on any atom is 0.332 e. The number of nitrogens with two attached hydrogens (primary N) is 1. The van der Waals surface area contributed by atoms with E-state index in [1.807, 2.05) is 0 Å². The number of urea groups is 1. The Morgan fingerprint density at radius 2 is 2.46 bits per heavy atom. The maximum absolute atomic E-state index is 10.4. The molecule has 13 heavy (non-hydrogen) atoms. The molecule has 74 valence electrons. The summed E-state index contributed by atoms with van der Waals surface area (Å²) in [5, 5.41) is 4.02. The summed E-state index contributed by atoms with van der Waals surface area (Å²) < 4.78 is 0. The molecule has 0 spiro atoms. The molecule has 3 N–H and O–H groups in total. The second-order valence-corrected chi connectivity index (χ2v) is 3.61. The van der Waals surface area contributed by atoms with Gasteiger partial charge in [0.05, 0.1) is 0 Å². The molecule has 2 unspecified atom stereocenters. The van der Waals surface area contributed by atoms with Gasteiger partial charge in [0, 0.05) is 11.6 Å². The van der Waals surface area contributed by atoms with E-state index in [4.69, 9.17) is 5.73 Å². The van der Waals surface area contributed by atoms with Crippen LogP contribution < -0.4 is 11.2 Å². The highest BCUT2D eigenvalue weighted by Crippen LogP contribution is 2.31. The number of carbonyl (C=O) groups excluding carboxylic acids is 1. The minimum Gasteiger partial charge on any atom is -0.350 e. The molecule has 1 aliphatic rings. The van der Waals surface area contributed by atoms with Crippen LogP contribution in [-0.4, -0.2) is 11.7 Å². The molecule has 0 saturated heterocycles. The van der Waals surface area contributed by atoms with Gasteiger partial charge in [-0.3, -0.25) is 0 Å². The van der Waals surface area contributed by atoms with E-state index in [0.717, 1.165) is 25.0 Å². The van der Waals surface area contributed by atoms with Crippen molar-refractivity contribution in [3.05, 3.63) is 0 Å². The third-order valence-corrected chi connectivity index (χ3v) is 2.72. The zero-order chi connectivity index (χ0) is 9.84. The van der Waals surface area contributed by atoms with Crippen molar-refractivity contribution in [2.75, 3.05) is 0 Å². The predicted molar refractivity (Wildman–Crippen MR) is 52.3 cm³/mol. The molecule has 4 heteroatoms. The van der Waals surface area contributed by atoms with E-state index >= 15 is 0 Å². The summed E-state index contributed by atoms with van der Waals surface area (Å²) in [7, 11) is 0. The van der Waals surface area contributed by atoms with Crippen LogP contribution in [0, 0.1) is 11.8 Å². The highest BCUT2D eigenvalue weighted by atomic mass is 16.2. The van der Waals surface area contributed by atoms with Gasteiger partial charge in [-0.1, -0.05) is 13.8 Å². The Morgan fingerprint density at radius 3 is 3.00 bits per heavy atom. The molecule has 0 heterocycles. The fraction of sp³-hybridized carbons (Fsp3) is 0.778. The van der Waals surface area contributed by atoms with Gasteiger partial charge in [-0.25, -0.2) is 10.2 Å². The predicted octanol–water partition coefficient (Wildman–Crippen LogP) is 1.47. The first-order chi connectivity index (χ1) is 6.15. The van der Waals surface area contributed by atoms with Crippen molar-refractivity contribution in [3.63, 3.8) is 0 Å². The first kappa shape index (κ1) is 10.0. The number of rotatable bonds is 2. The minimum absolute atomic E-state index is 0.520. The zero-order valence-electron chi connectivity index (χ0n) is 8.21. The average Bonchev–Trinajstić information content (AvgIpc) is 2.42. The smallest absolute Gasteiger partial charge is 0.332 e. The molecule has 2 atom stereocenters. The lowest BCUT2D eigenvalue weighted by Crippen LogP contribution is -2.26. The highest BCUT2D eigenvalue weighted by Gasteiger charge is 2.28. The molecule has 0 bridgehead atoms. The Morgan fingerprint density at radius 1 is 1.77 bits per heavy atom. The van der Waals surface area contributed by atoms with E-state index in [0.29, 0.717) is 11.8 Å². The number of nitrogens with zero attached hydrogens (tertiary/aromatic N) is 1. The standard InChI is InChI=1S/C9H17N3O/c1-3-7-6(2)4-5-8(7)11-12-9(10)13/h6-7H,3-5H2,1-2H3,(H3,10,12,13). The third kappa shape index (κ3) is 2.44. The second kappa shape index (κ2) is 4.25. The quantitative estimate of drug-likeness (QED) is 0.625. The second-order valence-electron chi connectivity index (χ2n) is 3.61. The summed E-state index contributed by atoms with van der Waals surface area (Å²) in [5.41, 5.74) is 8.33. The van der Waals surface area contributed by atoms with E-state index in [2.05, 4.69) is 24.4 Å². The van der Waals surface area contributed by atoms with Crippen molar-refractivity contribution in [3.8, 4) is 0 Å². The molecule has 1 saturated carbocycles. The molecule has 4 nitrogen and oxygen atoms in total. The molecule has 0 radical (unpaired) electrons. The van der Waals surface area contributed by atoms with Crippen LogP contribution in [0.3, 0.4) is 0 Å². The number of hydrogen-bond acceptors (Lipinski definition) is 2. The lowest BCUT2D eigenvalue weighted by molar-refractivity contribution is 0.249. The van der Waals surface area contributed by atoms with Crippen LogP contribution in [0.4, 0.5) is 4.79 Å². The van der Waals surface area contributed by atoms with E-state index < -0.39 is 6.03 Å². The molecule has 1 aliphatic carbocycles. The summed E-state index contributed by atoms with van der Waals surface area (Å²) in [6.45, 7) is 4.37. The highest BCUT2D eigenvalue weighted by molar-refractivity contribution is 5.89. The van der Waals surface area contributed by atoms with Gasteiger partial charge < -0.3 is 5.73 Å². The molecular formula is C9H17N3O. The van der Waals surface area contributed by atoms with Crippen LogP contribution in [-0.2, 0) is 0 Å². The number of carbonyl (C=O) groups is 1. The zero-order valence-corrected chi connectivity index (χ0v) is 8.21. The van der Waals surface area contributed by atoms with Crippen LogP contribution in [0.25, 0.3) is 0 Å². The van der Waals surface area contributed by atoms with Crippen molar-refractivity contribution in [2.24, 2.45) is 22.7 Å². The first-order valence-corrected chi connectivity index (χ1v) is 4.77. The fourth-order valence-corrected chi connectivity index (χ4v) is 1.99. The van der Waals surface area contributed by atoms with E-state index in [9.17, 15) is 4.79 Å². The monoisotopic (exact) mass is 183 g/mol. The van der Waals surface area contributed by atoms with Gasteiger partial charge in [0.1, 0.15) is 0 Å². The molecule has 1 fully saturated rings. The molecule has 1 rings (SSSR count). The number of nitrogens with one attached hydrogen (secondary N) is 1. The van der Waals surface area contributed by atoms with Crippen LogP contribution in [0.15, 0.2) is 5.10 Å². The lowest BCUT2D eigenvalue weighted by atomic mass is 9.95. The Balaban J connectivity index is 2.59. The molecular weight excluding hydrogens is 166 g/mol. The Hall–Kier alpha value is -1.06. The van der Waals surface area contributed by atoms with Crippen LogP contribution in [0.2, 0.25) is 0 Å². The maximum atomic E-state index is 10.4. The summed E-state index contributed by atoms with van der Waals surface area (Å²) >= 11 is 0.